The molecule has 1 aliphatic heterocycles. The predicted molar refractivity (Wildman–Crippen MR) is 204 cm³/mol. The monoisotopic (exact) mass is 681 g/mol. The van der Waals surface area contributed by atoms with E-state index in [1.54, 1.807) is 0 Å². The third-order valence-electron chi connectivity index (χ3n) is 11.4. The number of unbranched alkanes of at least 4 members (excludes halogenated alkanes) is 2. The van der Waals surface area contributed by atoms with Crippen LogP contribution in [0.3, 0.4) is 0 Å². The molecular formula is C43H72N2O4. The summed E-state index contributed by atoms with van der Waals surface area (Å²) in [5.74, 6) is -0.445. The van der Waals surface area contributed by atoms with E-state index >= 15 is 0 Å². The lowest BCUT2D eigenvalue weighted by molar-refractivity contribution is -0.124. The van der Waals surface area contributed by atoms with Crippen LogP contribution in [0.15, 0.2) is 46.6 Å². The first kappa shape index (κ1) is 41.2. The minimum atomic E-state index is -1.05. The molecule has 278 valence electrons. The van der Waals surface area contributed by atoms with Gasteiger partial charge in [0, 0.05) is 11.8 Å². The van der Waals surface area contributed by atoms with Gasteiger partial charge >= 0.3 is 6.03 Å². The van der Waals surface area contributed by atoms with Crippen LogP contribution in [0.5, 0.6) is 0 Å². The van der Waals surface area contributed by atoms with Crippen LogP contribution in [0.1, 0.15) is 161 Å². The highest BCUT2D eigenvalue weighted by Gasteiger charge is 2.52. The molecule has 0 saturated carbocycles. The molecule has 0 spiro atoms. The maximum atomic E-state index is 13.6. The highest BCUT2D eigenvalue weighted by Crippen LogP contribution is 2.53. The molecule has 0 aromatic carbocycles. The first-order valence-corrected chi connectivity index (χ1v) is 19.2. The van der Waals surface area contributed by atoms with Gasteiger partial charge in [-0.3, -0.25) is 10.1 Å². The molecule has 4 unspecified atom stereocenters. The van der Waals surface area contributed by atoms with E-state index in [9.17, 15) is 19.8 Å². The van der Waals surface area contributed by atoms with Crippen LogP contribution in [0.2, 0.25) is 0 Å². The smallest absolute Gasteiger partial charge is 0.322 e. The van der Waals surface area contributed by atoms with Crippen LogP contribution < -0.4 is 10.6 Å². The average molecular weight is 681 g/mol. The van der Waals surface area contributed by atoms with Crippen LogP contribution in [0.4, 0.5) is 4.79 Å². The summed E-state index contributed by atoms with van der Waals surface area (Å²) in [6.07, 6.45) is 16.4. The summed E-state index contributed by atoms with van der Waals surface area (Å²) in [5.41, 5.74) is 0.547. The minimum Gasteiger partial charge on any atom is -0.385 e. The predicted octanol–water partition coefficient (Wildman–Crippen LogP) is 10.1. The molecule has 6 heteroatoms. The quantitative estimate of drug-likeness (QED) is 0.154. The molecular weight excluding hydrogens is 608 g/mol. The molecule has 1 fully saturated rings. The third-order valence-corrected chi connectivity index (χ3v) is 11.4. The molecule has 4 N–H and O–H groups in total. The van der Waals surface area contributed by atoms with Gasteiger partial charge in [0.2, 0.25) is 0 Å². The third kappa shape index (κ3) is 9.01. The van der Waals surface area contributed by atoms with Crippen molar-refractivity contribution >= 4 is 11.9 Å². The number of allylic oxidation sites excluding steroid dienone is 4. The molecule has 0 radical (unpaired) electrons. The molecule has 0 bridgehead atoms. The fourth-order valence-corrected chi connectivity index (χ4v) is 8.92. The fraction of sp³-hybridized carbons (Fsp3) is 0.767. The second-order valence-electron chi connectivity index (χ2n) is 19.8. The topological polar surface area (TPSA) is 98.7 Å². The Morgan fingerprint density at radius 1 is 0.633 bits per heavy atom. The van der Waals surface area contributed by atoms with Crippen molar-refractivity contribution in [3.05, 3.63) is 46.6 Å². The minimum absolute atomic E-state index is 0.0853. The first-order chi connectivity index (χ1) is 22.2. The van der Waals surface area contributed by atoms with Crippen molar-refractivity contribution in [3.8, 4) is 0 Å². The Kier molecular flexibility index (Phi) is 12.2. The number of imide groups is 1. The van der Waals surface area contributed by atoms with Crippen LogP contribution in [0.25, 0.3) is 0 Å². The molecule has 3 amide bonds. The maximum Gasteiger partial charge on any atom is 0.322 e. The van der Waals surface area contributed by atoms with Gasteiger partial charge < -0.3 is 15.5 Å². The van der Waals surface area contributed by atoms with E-state index in [2.05, 4.69) is 132 Å². The molecule has 0 aromatic heterocycles. The zero-order valence-corrected chi connectivity index (χ0v) is 33.7. The Balaban J connectivity index is 2.01. The number of nitrogens with one attached hydrogen (secondary N) is 2. The van der Waals surface area contributed by atoms with Crippen LogP contribution in [-0.4, -0.2) is 38.9 Å². The SMILES string of the molecule is CCCCC1(O)C(C(C)(C)C)=CC(CCC2(CCC3=CC(C(C)(C)C)C(O)(CCCC)C(C(C)(C)C)=C3)NC(=O)NC2=O)=CC1C(C)(C)C. The molecule has 1 heterocycles. The van der Waals surface area contributed by atoms with Gasteiger partial charge in [0.15, 0.2) is 0 Å². The second kappa shape index (κ2) is 14.4. The zero-order chi connectivity index (χ0) is 37.4. The lowest BCUT2D eigenvalue weighted by atomic mass is 9.58. The molecule has 2 aliphatic carbocycles. The van der Waals surface area contributed by atoms with Crippen molar-refractivity contribution in [2.75, 3.05) is 0 Å². The second-order valence-corrected chi connectivity index (χ2v) is 19.8. The summed E-state index contributed by atoms with van der Waals surface area (Å²) in [6, 6.07) is -0.444. The number of hydrogen-bond acceptors (Lipinski definition) is 4. The van der Waals surface area contributed by atoms with Gasteiger partial charge in [-0.1, -0.05) is 158 Å². The summed E-state index contributed by atoms with van der Waals surface area (Å²) in [6.45, 7) is 30.6. The van der Waals surface area contributed by atoms with E-state index in [1.165, 1.54) is 0 Å². The first-order valence-electron chi connectivity index (χ1n) is 19.2. The zero-order valence-electron chi connectivity index (χ0n) is 33.7. The Bertz CT molecular complexity index is 1270. The molecule has 4 atom stereocenters. The summed E-state index contributed by atoms with van der Waals surface area (Å²) in [4.78, 5) is 26.4. The Labute approximate surface area is 299 Å². The van der Waals surface area contributed by atoms with Gasteiger partial charge in [0.25, 0.3) is 5.91 Å². The van der Waals surface area contributed by atoms with Crippen LogP contribution in [0, 0.1) is 33.5 Å². The summed E-state index contributed by atoms with van der Waals surface area (Å²) in [7, 11) is 0. The van der Waals surface area contributed by atoms with Gasteiger partial charge in [0.05, 0.1) is 11.2 Å². The van der Waals surface area contributed by atoms with Crippen molar-refractivity contribution in [1.29, 1.82) is 0 Å². The maximum absolute atomic E-state index is 13.6. The van der Waals surface area contributed by atoms with Crippen molar-refractivity contribution < 1.29 is 19.8 Å². The van der Waals surface area contributed by atoms with Gasteiger partial charge in [-0.05, 0) is 71.3 Å². The number of amides is 3. The van der Waals surface area contributed by atoms with E-state index in [0.29, 0.717) is 38.5 Å². The van der Waals surface area contributed by atoms with Crippen molar-refractivity contribution in [3.63, 3.8) is 0 Å². The van der Waals surface area contributed by atoms with E-state index < -0.39 is 22.8 Å². The highest BCUT2D eigenvalue weighted by atomic mass is 16.3. The van der Waals surface area contributed by atoms with Crippen LogP contribution in [-0.2, 0) is 4.79 Å². The number of carbonyl (C=O) groups excluding carboxylic acids is 2. The van der Waals surface area contributed by atoms with Gasteiger partial charge in [-0.2, -0.15) is 0 Å². The van der Waals surface area contributed by atoms with Crippen molar-refractivity contribution in [2.45, 2.75) is 178 Å². The summed E-state index contributed by atoms with van der Waals surface area (Å²) < 4.78 is 0. The average Bonchev–Trinajstić information content (AvgIpc) is 3.23. The summed E-state index contributed by atoms with van der Waals surface area (Å²) >= 11 is 0. The van der Waals surface area contributed by atoms with E-state index in [4.69, 9.17) is 0 Å². The normalized spacial score (nSPS) is 30.0. The van der Waals surface area contributed by atoms with E-state index in [-0.39, 0.29) is 39.4 Å². The van der Waals surface area contributed by atoms with Crippen molar-refractivity contribution in [2.24, 2.45) is 33.5 Å². The van der Waals surface area contributed by atoms with E-state index in [1.807, 2.05) is 0 Å². The number of urea groups is 1. The number of carbonyl (C=O) groups is 2. The highest BCUT2D eigenvalue weighted by molar-refractivity contribution is 6.07. The van der Waals surface area contributed by atoms with Gasteiger partial charge in [-0.15, -0.1) is 0 Å². The number of aliphatic hydroxyl groups is 2. The van der Waals surface area contributed by atoms with E-state index in [0.717, 1.165) is 48.0 Å². The lowest BCUT2D eigenvalue weighted by Crippen LogP contribution is -2.50. The largest absolute Gasteiger partial charge is 0.385 e. The molecule has 1 saturated heterocycles. The number of hydrogen-bond donors (Lipinski definition) is 4. The Morgan fingerprint density at radius 3 is 1.27 bits per heavy atom. The molecule has 49 heavy (non-hydrogen) atoms. The molecule has 0 aromatic rings. The van der Waals surface area contributed by atoms with Crippen LogP contribution >= 0.6 is 0 Å². The standard InChI is InChI=1S/C43H72N2O4/c1-15-17-21-42(48)31(37(3,4)5)25-29(26-32(42)38(6,7)8)19-23-41(35(46)44-36(47)45-41)24-20-30-27-33(39(9,10)11)43(49,22-18-16-2)34(28-30)40(12,13)14/h25-28,31,33,48-49H,15-24H2,1-14H3,(H2,44,45,46,47). The molecule has 6 nitrogen and oxygen atoms in total. The fourth-order valence-electron chi connectivity index (χ4n) is 8.92. The van der Waals surface area contributed by atoms with Gasteiger partial charge in [-0.25, -0.2) is 4.79 Å². The number of rotatable bonds is 12. The summed E-state index contributed by atoms with van der Waals surface area (Å²) in [5, 5.41) is 30.5. The van der Waals surface area contributed by atoms with Gasteiger partial charge in [0.1, 0.15) is 5.54 Å². The molecule has 3 aliphatic rings. The Hall–Kier alpha value is -2.18. The molecule has 3 rings (SSSR count). The van der Waals surface area contributed by atoms with Crippen molar-refractivity contribution in [1.82, 2.24) is 10.6 Å². The lowest BCUT2D eigenvalue weighted by Gasteiger charge is -2.50. The Morgan fingerprint density at radius 2 is 1.00 bits per heavy atom.